The molecule has 0 saturated heterocycles. The first-order valence-corrected chi connectivity index (χ1v) is 6.21. The van der Waals surface area contributed by atoms with Gasteiger partial charge in [-0.05, 0) is 25.0 Å². The summed E-state index contributed by atoms with van der Waals surface area (Å²) in [5.41, 5.74) is -0.154. The molecular formula is C13H11ClF2O3. The van der Waals surface area contributed by atoms with E-state index in [1.165, 1.54) is 0 Å². The summed E-state index contributed by atoms with van der Waals surface area (Å²) >= 11 is 5.73. The van der Waals surface area contributed by atoms with Crippen molar-refractivity contribution < 1.29 is 23.5 Å². The molecule has 0 radical (unpaired) electrons. The van der Waals surface area contributed by atoms with Gasteiger partial charge in [0.25, 0.3) is 0 Å². The number of hydrogen-bond donors (Lipinski definition) is 1. The number of halogens is 3. The Morgan fingerprint density at radius 3 is 2.37 bits per heavy atom. The van der Waals surface area contributed by atoms with Crippen LogP contribution in [0.1, 0.15) is 29.6 Å². The van der Waals surface area contributed by atoms with Crippen LogP contribution in [0.2, 0.25) is 5.02 Å². The van der Waals surface area contributed by atoms with Crippen LogP contribution in [0.3, 0.4) is 0 Å². The lowest BCUT2D eigenvalue weighted by Crippen LogP contribution is -2.25. The minimum absolute atomic E-state index is 0.154. The zero-order valence-electron chi connectivity index (χ0n) is 9.83. The van der Waals surface area contributed by atoms with E-state index in [2.05, 4.69) is 0 Å². The molecule has 0 spiro atoms. The third-order valence-corrected chi connectivity index (χ3v) is 3.76. The number of hydrogen-bond acceptors (Lipinski definition) is 2. The smallest absolute Gasteiger partial charge is 0.307 e. The first-order valence-electron chi connectivity index (χ1n) is 5.83. The van der Waals surface area contributed by atoms with Gasteiger partial charge in [-0.15, -0.1) is 0 Å². The highest BCUT2D eigenvalue weighted by atomic mass is 35.5. The maximum absolute atomic E-state index is 13.2. The van der Waals surface area contributed by atoms with Crippen molar-refractivity contribution in [2.45, 2.75) is 19.3 Å². The van der Waals surface area contributed by atoms with Gasteiger partial charge in [0.2, 0.25) is 0 Å². The molecule has 1 aliphatic rings. The molecule has 102 valence electrons. The highest BCUT2D eigenvalue weighted by molar-refractivity contribution is 6.34. The van der Waals surface area contributed by atoms with Crippen LogP contribution >= 0.6 is 11.6 Å². The van der Waals surface area contributed by atoms with E-state index in [0.29, 0.717) is 19.3 Å². The average Bonchev–Trinajstić information content (AvgIpc) is 2.82. The average molecular weight is 289 g/mol. The lowest BCUT2D eigenvalue weighted by atomic mass is 9.88. The number of aliphatic carboxylic acids is 1. The number of carbonyl (C=O) groups is 2. The van der Waals surface area contributed by atoms with Gasteiger partial charge in [-0.2, -0.15) is 0 Å². The fraction of sp³-hybridized carbons (Fsp3) is 0.385. The fourth-order valence-corrected chi connectivity index (χ4v) is 2.72. The maximum Gasteiger partial charge on any atom is 0.307 e. The molecule has 2 atom stereocenters. The topological polar surface area (TPSA) is 54.4 Å². The summed E-state index contributed by atoms with van der Waals surface area (Å²) in [5, 5.41) is 8.83. The minimum Gasteiger partial charge on any atom is -0.481 e. The summed E-state index contributed by atoms with van der Waals surface area (Å²) in [6, 6.07) is 1.46. The van der Waals surface area contributed by atoms with Crippen LogP contribution in [0.5, 0.6) is 0 Å². The van der Waals surface area contributed by atoms with Crippen molar-refractivity contribution in [2.24, 2.45) is 11.8 Å². The molecular weight excluding hydrogens is 278 g/mol. The van der Waals surface area contributed by atoms with Crippen molar-refractivity contribution in [1.29, 1.82) is 0 Å². The van der Waals surface area contributed by atoms with Crippen molar-refractivity contribution in [3.63, 3.8) is 0 Å². The van der Waals surface area contributed by atoms with E-state index in [4.69, 9.17) is 16.7 Å². The van der Waals surface area contributed by atoms with Crippen LogP contribution in [0, 0.1) is 23.5 Å². The van der Waals surface area contributed by atoms with Crippen molar-refractivity contribution in [2.75, 3.05) is 0 Å². The quantitative estimate of drug-likeness (QED) is 0.686. The predicted octanol–water partition coefficient (Wildman–Crippen LogP) is 3.30. The Labute approximate surface area is 113 Å². The molecule has 2 rings (SSSR count). The molecule has 0 aromatic heterocycles. The Hall–Kier alpha value is -1.49. The molecule has 3 nitrogen and oxygen atoms in total. The van der Waals surface area contributed by atoms with Gasteiger partial charge in [0.05, 0.1) is 10.9 Å². The molecule has 1 saturated carbocycles. The van der Waals surface area contributed by atoms with E-state index < -0.39 is 35.2 Å². The van der Waals surface area contributed by atoms with Gasteiger partial charge in [-0.3, -0.25) is 9.59 Å². The minimum atomic E-state index is -1.17. The van der Waals surface area contributed by atoms with Crippen LogP contribution < -0.4 is 0 Å². The van der Waals surface area contributed by atoms with E-state index in [1.54, 1.807) is 0 Å². The lowest BCUT2D eigenvalue weighted by molar-refractivity contribution is -0.142. The molecule has 2 unspecified atom stereocenters. The van der Waals surface area contributed by atoms with E-state index in [1.807, 2.05) is 0 Å². The molecule has 19 heavy (non-hydrogen) atoms. The van der Waals surface area contributed by atoms with E-state index in [9.17, 15) is 18.4 Å². The molecule has 1 aliphatic carbocycles. The van der Waals surface area contributed by atoms with Crippen LogP contribution in [-0.4, -0.2) is 16.9 Å². The van der Waals surface area contributed by atoms with Gasteiger partial charge in [-0.1, -0.05) is 18.0 Å². The normalized spacial score (nSPS) is 22.5. The molecule has 0 bridgehead atoms. The molecule has 1 aromatic carbocycles. The SMILES string of the molecule is O=C(O)C1CCCC1C(=O)c1cc(F)c(F)cc1Cl. The largest absolute Gasteiger partial charge is 0.481 e. The third kappa shape index (κ3) is 2.61. The molecule has 0 heterocycles. The zero-order valence-corrected chi connectivity index (χ0v) is 10.6. The summed E-state index contributed by atoms with van der Waals surface area (Å²) < 4.78 is 26.1. The standard InChI is InChI=1S/C13H11ClF2O3/c14-9-5-11(16)10(15)4-8(9)12(17)6-2-1-3-7(6)13(18)19/h4-7H,1-3H2,(H,18,19). The number of carboxylic acid groups (broad SMARTS) is 1. The zero-order chi connectivity index (χ0) is 14.2. The second kappa shape index (κ2) is 5.25. The number of benzene rings is 1. The first-order chi connectivity index (χ1) is 8.91. The number of Topliss-reactive ketones (excluding diaryl/α,β-unsaturated/α-hetero) is 1. The summed E-state index contributed by atoms with van der Waals surface area (Å²) in [7, 11) is 0. The van der Waals surface area contributed by atoms with Crippen LogP contribution in [0.4, 0.5) is 8.78 Å². The Bertz CT molecular complexity index is 545. The molecule has 1 aromatic rings. The van der Waals surface area contributed by atoms with Crippen LogP contribution in [0.15, 0.2) is 12.1 Å². The van der Waals surface area contributed by atoms with Crippen molar-refractivity contribution in [3.05, 3.63) is 34.4 Å². The van der Waals surface area contributed by atoms with Gasteiger partial charge in [-0.25, -0.2) is 8.78 Å². The lowest BCUT2D eigenvalue weighted by Gasteiger charge is -2.15. The van der Waals surface area contributed by atoms with Gasteiger partial charge in [0, 0.05) is 11.5 Å². The molecule has 1 fully saturated rings. The van der Waals surface area contributed by atoms with Crippen LogP contribution in [0.25, 0.3) is 0 Å². The van der Waals surface area contributed by atoms with Crippen LogP contribution in [-0.2, 0) is 4.79 Å². The van der Waals surface area contributed by atoms with Crippen molar-refractivity contribution >= 4 is 23.4 Å². The summed E-state index contributed by atoms with van der Waals surface area (Å²) in [6.07, 6.45) is 1.45. The monoisotopic (exact) mass is 288 g/mol. The number of rotatable bonds is 3. The third-order valence-electron chi connectivity index (χ3n) is 3.45. The van der Waals surface area contributed by atoms with Gasteiger partial charge in [0.1, 0.15) is 0 Å². The van der Waals surface area contributed by atoms with Gasteiger partial charge >= 0.3 is 5.97 Å². The molecule has 0 aliphatic heterocycles. The summed E-state index contributed by atoms with van der Waals surface area (Å²) in [4.78, 5) is 23.2. The number of carboxylic acids is 1. The second-order valence-electron chi connectivity index (χ2n) is 4.59. The van der Waals surface area contributed by atoms with Gasteiger partial charge in [0.15, 0.2) is 17.4 Å². The highest BCUT2D eigenvalue weighted by Gasteiger charge is 2.38. The van der Waals surface area contributed by atoms with E-state index in [-0.39, 0.29) is 10.6 Å². The highest BCUT2D eigenvalue weighted by Crippen LogP contribution is 2.36. The Kier molecular flexibility index (Phi) is 3.85. The second-order valence-corrected chi connectivity index (χ2v) is 5.00. The predicted molar refractivity (Wildman–Crippen MR) is 64.2 cm³/mol. The molecule has 1 N–H and O–H groups in total. The number of carbonyl (C=O) groups excluding carboxylic acids is 1. The maximum atomic E-state index is 13.2. The summed E-state index contributed by atoms with van der Waals surface area (Å²) in [5.74, 6) is -5.39. The fourth-order valence-electron chi connectivity index (χ4n) is 2.48. The Morgan fingerprint density at radius 2 is 1.74 bits per heavy atom. The first kappa shape index (κ1) is 13.9. The Morgan fingerprint density at radius 1 is 1.16 bits per heavy atom. The van der Waals surface area contributed by atoms with Crippen molar-refractivity contribution in [3.8, 4) is 0 Å². The molecule has 6 heteroatoms. The molecule has 0 amide bonds. The number of ketones is 1. The van der Waals surface area contributed by atoms with E-state index >= 15 is 0 Å². The van der Waals surface area contributed by atoms with E-state index in [0.717, 1.165) is 12.1 Å². The van der Waals surface area contributed by atoms with Gasteiger partial charge < -0.3 is 5.11 Å². The van der Waals surface area contributed by atoms with Crippen molar-refractivity contribution in [1.82, 2.24) is 0 Å². The summed E-state index contributed by atoms with van der Waals surface area (Å²) in [6.45, 7) is 0. The Balaban J connectivity index is 2.34.